The van der Waals surface area contributed by atoms with Crippen molar-refractivity contribution < 1.29 is 4.79 Å². The third kappa shape index (κ3) is 5.02. The van der Waals surface area contributed by atoms with Crippen LogP contribution in [0.25, 0.3) is 10.9 Å². The highest BCUT2D eigenvalue weighted by atomic mass is 35.5. The number of amides is 1. The summed E-state index contributed by atoms with van der Waals surface area (Å²) in [5.74, 6) is 1.72. The topological polar surface area (TPSA) is 77.2 Å². The molecule has 1 aromatic heterocycles. The molecule has 2 aliphatic rings. The van der Waals surface area contributed by atoms with Gasteiger partial charge in [-0.2, -0.15) is 11.8 Å². The number of hydrogen-bond acceptors (Lipinski definition) is 5. The van der Waals surface area contributed by atoms with Crippen molar-refractivity contribution in [3.63, 3.8) is 0 Å². The Morgan fingerprint density at radius 3 is 2.75 bits per heavy atom. The standard InChI is InChI=1S/C19H24N4O2S.2ClH/c24-18(21-6-9-23-7-4-20-5-8-23)13-1-2-17-15(11-13)14-3-10-26-12-16(14)19(25)22-17;;/h1-2,11,20H,3-10,12H2,(H,21,24)(H,22,25);2*1H. The van der Waals surface area contributed by atoms with Crippen molar-refractivity contribution in [3.8, 4) is 0 Å². The molecule has 0 atom stereocenters. The van der Waals surface area contributed by atoms with Crippen LogP contribution in [0.5, 0.6) is 0 Å². The molecule has 0 aliphatic carbocycles. The Morgan fingerprint density at radius 1 is 1.18 bits per heavy atom. The number of aryl methyl sites for hydroxylation is 1. The number of piperazine rings is 1. The van der Waals surface area contributed by atoms with Crippen molar-refractivity contribution >= 4 is 53.4 Å². The van der Waals surface area contributed by atoms with E-state index in [4.69, 9.17) is 0 Å². The van der Waals surface area contributed by atoms with E-state index in [-0.39, 0.29) is 36.3 Å². The van der Waals surface area contributed by atoms with Crippen LogP contribution in [0.2, 0.25) is 0 Å². The lowest BCUT2D eigenvalue weighted by atomic mass is 9.99. The van der Waals surface area contributed by atoms with Gasteiger partial charge in [-0.3, -0.25) is 14.5 Å². The summed E-state index contributed by atoms with van der Waals surface area (Å²) in [4.78, 5) is 30.1. The van der Waals surface area contributed by atoms with Gasteiger partial charge in [0.25, 0.3) is 11.5 Å². The molecule has 154 valence electrons. The van der Waals surface area contributed by atoms with Crippen LogP contribution in [-0.4, -0.2) is 60.8 Å². The molecule has 0 spiro atoms. The highest BCUT2D eigenvalue weighted by molar-refractivity contribution is 7.98. The Kier molecular flexibility index (Phi) is 8.64. The zero-order chi connectivity index (χ0) is 17.9. The maximum atomic E-state index is 12.5. The fourth-order valence-corrected chi connectivity index (χ4v) is 4.69. The minimum atomic E-state index is -0.0489. The number of benzene rings is 1. The summed E-state index contributed by atoms with van der Waals surface area (Å²) in [6.07, 6.45) is 0.883. The average molecular weight is 445 g/mol. The second-order valence-corrected chi connectivity index (χ2v) is 7.93. The van der Waals surface area contributed by atoms with Gasteiger partial charge in [0.2, 0.25) is 0 Å². The summed E-state index contributed by atoms with van der Waals surface area (Å²) < 4.78 is 0. The zero-order valence-electron chi connectivity index (χ0n) is 15.6. The Hall–Kier alpha value is -1.25. The number of pyridine rings is 1. The lowest BCUT2D eigenvalue weighted by Crippen LogP contribution is -2.46. The van der Waals surface area contributed by atoms with E-state index in [2.05, 4.69) is 20.5 Å². The van der Waals surface area contributed by atoms with Crippen LogP contribution in [0.15, 0.2) is 23.0 Å². The van der Waals surface area contributed by atoms with E-state index in [1.807, 2.05) is 12.1 Å². The van der Waals surface area contributed by atoms with Gasteiger partial charge in [0.15, 0.2) is 0 Å². The molecule has 1 amide bonds. The van der Waals surface area contributed by atoms with Crippen molar-refractivity contribution in [2.75, 3.05) is 45.0 Å². The minimum absolute atomic E-state index is 0. The van der Waals surface area contributed by atoms with E-state index in [0.29, 0.717) is 12.1 Å². The van der Waals surface area contributed by atoms with Gasteiger partial charge in [0, 0.05) is 67.1 Å². The van der Waals surface area contributed by atoms with Crippen molar-refractivity contribution in [2.45, 2.75) is 12.2 Å². The number of thioether (sulfide) groups is 1. The van der Waals surface area contributed by atoms with Gasteiger partial charge in [0.05, 0.1) is 0 Å². The summed E-state index contributed by atoms with van der Waals surface area (Å²) >= 11 is 1.79. The van der Waals surface area contributed by atoms with Gasteiger partial charge >= 0.3 is 0 Å². The molecule has 1 aromatic carbocycles. The summed E-state index contributed by atoms with van der Waals surface area (Å²) in [5, 5.41) is 7.36. The van der Waals surface area contributed by atoms with Crippen LogP contribution in [0, 0.1) is 0 Å². The van der Waals surface area contributed by atoms with Gasteiger partial charge in [-0.1, -0.05) is 0 Å². The van der Waals surface area contributed by atoms with Crippen molar-refractivity contribution in [1.82, 2.24) is 20.5 Å². The van der Waals surface area contributed by atoms with E-state index < -0.39 is 0 Å². The summed E-state index contributed by atoms with van der Waals surface area (Å²) in [5.41, 5.74) is 3.46. The van der Waals surface area contributed by atoms with Gasteiger partial charge in [-0.15, -0.1) is 24.8 Å². The highest BCUT2D eigenvalue weighted by Gasteiger charge is 2.18. The Balaban J connectivity index is 0.00000140. The number of rotatable bonds is 4. The number of hydrogen-bond donors (Lipinski definition) is 3. The number of carbonyl (C=O) groups excluding carboxylic acids is 1. The first-order chi connectivity index (χ1) is 12.7. The lowest BCUT2D eigenvalue weighted by molar-refractivity contribution is 0.0947. The second kappa shape index (κ2) is 10.5. The smallest absolute Gasteiger partial charge is 0.252 e. The Bertz CT molecular complexity index is 884. The summed E-state index contributed by atoms with van der Waals surface area (Å²) in [7, 11) is 0. The number of halogens is 2. The molecular weight excluding hydrogens is 419 g/mol. The van der Waals surface area contributed by atoms with Gasteiger partial charge in [-0.05, 0) is 35.9 Å². The van der Waals surface area contributed by atoms with Crippen LogP contribution in [-0.2, 0) is 12.2 Å². The van der Waals surface area contributed by atoms with Crippen molar-refractivity contribution in [3.05, 3.63) is 45.2 Å². The largest absolute Gasteiger partial charge is 0.351 e. The van der Waals surface area contributed by atoms with Crippen LogP contribution in [0.4, 0.5) is 0 Å². The summed E-state index contributed by atoms with van der Waals surface area (Å²) in [6.45, 7) is 5.62. The minimum Gasteiger partial charge on any atom is -0.351 e. The number of nitrogens with zero attached hydrogens (tertiary/aromatic N) is 1. The van der Waals surface area contributed by atoms with Gasteiger partial charge in [0.1, 0.15) is 0 Å². The first-order valence-corrected chi connectivity index (χ1v) is 10.3. The zero-order valence-corrected chi connectivity index (χ0v) is 18.0. The van der Waals surface area contributed by atoms with Gasteiger partial charge < -0.3 is 15.6 Å². The SMILES string of the molecule is Cl.Cl.O=C(NCCN1CCNCC1)c1ccc2[nH]c(=O)c3c(c2c1)CCSC3. The fourth-order valence-electron chi connectivity index (χ4n) is 3.69. The number of nitrogens with one attached hydrogen (secondary N) is 3. The highest BCUT2D eigenvalue weighted by Crippen LogP contribution is 2.28. The molecule has 3 heterocycles. The Labute approximate surface area is 181 Å². The molecule has 4 rings (SSSR count). The maximum Gasteiger partial charge on any atom is 0.252 e. The molecule has 1 fully saturated rings. The summed E-state index contributed by atoms with van der Waals surface area (Å²) in [6, 6.07) is 5.58. The van der Waals surface area contributed by atoms with E-state index in [0.717, 1.165) is 72.7 Å². The molecule has 0 saturated carbocycles. The van der Waals surface area contributed by atoms with Crippen molar-refractivity contribution in [1.29, 1.82) is 0 Å². The molecule has 28 heavy (non-hydrogen) atoms. The van der Waals surface area contributed by atoms with Gasteiger partial charge in [-0.25, -0.2) is 0 Å². The van der Waals surface area contributed by atoms with Crippen LogP contribution in [0.3, 0.4) is 0 Å². The first-order valence-electron chi connectivity index (χ1n) is 9.19. The first kappa shape index (κ1) is 23.0. The van der Waals surface area contributed by atoms with Crippen LogP contribution in [0.1, 0.15) is 21.5 Å². The van der Waals surface area contributed by atoms with E-state index >= 15 is 0 Å². The number of H-pyrrole nitrogens is 1. The molecule has 0 unspecified atom stereocenters. The molecule has 2 aromatic rings. The molecule has 3 N–H and O–H groups in total. The predicted molar refractivity (Wildman–Crippen MR) is 121 cm³/mol. The molecule has 0 radical (unpaired) electrons. The molecule has 1 saturated heterocycles. The number of aromatic amines is 1. The number of aromatic nitrogens is 1. The molecule has 2 aliphatic heterocycles. The van der Waals surface area contributed by atoms with Crippen LogP contribution >= 0.6 is 36.6 Å². The van der Waals surface area contributed by atoms with E-state index in [1.165, 1.54) is 0 Å². The molecule has 0 bridgehead atoms. The van der Waals surface area contributed by atoms with Crippen LogP contribution < -0.4 is 16.2 Å². The molecule has 9 heteroatoms. The van der Waals surface area contributed by atoms with Crippen molar-refractivity contribution in [2.24, 2.45) is 0 Å². The second-order valence-electron chi connectivity index (χ2n) is 6.82. The third-order valence-corrected chi connectivity index (χ3v) is 6.15. The average Bonchev–Trinajstić information content (AvgIpc) is 2.69. The lowest BCUT2D eigenvalue weighted by Gasteiger charge is -2.27. The fraction of sp³-hybridized carbons (Fsp3) is 0.474. The third-order valence-electron chi connectivity index (χ3n) is 5.16. The monoisotopic (exact) mass is 444 g/mol. The maximum absolute atomic E-state index is 12.5. The molecular formula is C19H26Cl2N4O2S. The number of fused-ring (bicyclic) bond motifs is 3. The molecule has 6 nitrogen and oxygen atoms in total. The van der Waals surface area contributed by atoms with E-state index in [9.17, 15) is 9.59 Å². The van der Waals surface area contributed by atoms with E-state index in [1.54, 1.807) is 17.8 Å². The predicted octanol–water partition coefficient (Wildman–Crippen LogP) is 1.80. The quantitative estimate of drug-likeness (QED) is 0.669. The number of carbonyl (C=O) groups is 1. The Morgan fingerprint density at radius 2 is 1.96 bits per heavy atom. The normalized spacial score (nSPS) is 16.6.